The molecule has 18 heavy (non-hydrogen) atoms. The Hall–Kier alpha value is -1.95. The van der Waals surface area contributed by atoms with E-state index in [0.717, 1.165) is 12.0 Å². The molecule has 0 saturated carbocycles. The van der Waals surface area contributed by atoms with Crippen LogP contribution in [0.5, 0.6) is 0 Å². The number of rotatable bonds is 4. The fourth-order valence-electron chi connectivity index (χ4n) is 2.24. The van der Waals surface area contributed by atoms with E-state index >= 15 is 0 Å². The maximum Gasteiger partial charge on any atom is 0.320 e. The molecular formula is C12H14N2O4. The second-order valence-corrected chi connectivity index (χ2v) is 4.53. The summed E-state index contributed by atoms with van der Waals surface area (Å²) in [7, 11) is 0. The maximum atomic E-state index is 10.8. The summed E-state index contributed by atoms with van der Waals surface area (Å²) in [6, 6.07) is 5.95. The van der Waals surface area contributed by atoms with Crippen LogP contribution in [0, 0.1) is 16.0 Å². The van der Waals surface area contributed by atoms with E-state index in [1.54, 1.807) is 12.1 Å². The molecule has 96 valence electrons. The third-order valence-corrected chi connectivity index (χ3v) is 3.19. The van der Waals surface area contributed by atoms with Crippen LogP contribution in [0.3, 0.4) is 0 Å². The van der Waals surface area contributed by atoms with E-state index in [-0.39, 0.29) is 11.6 Å². The molecule has 0 aliphatic carbocycles. The van der Waals surface area contributed by atoms with Crippen molar-refractivity contribution in [2.24, 2.45) is 5.92 Å². The summed E-state index contributed by atoms with van der Waals surface area (Å²) in [6.45, 7) is 0.675. The van der Waals surface area contributed by atoms with Gasteiger partial charge in [-0.05, 0) is 30.9 Å². The molecule has 1 heterocycles. The van der Waals surface area contributed by atoms with Gasteiger partial charge in [-0.3, -0.25) is 14.9 Å². The lowest BCUT2D eigenvalue weighted by Crippen LogP contribution is -2.29. The lowest BCUT2D eigenvalue weighted by molar-refractivity contribution is -0.384. The van der Waals surface area contributed by atoms with Crippen LogP contribution in [0.4, 0.5) is 5.69 Å². The molecule has 0 aromatic heterocycles. The van der Waals surface area contributed by atoms with E-state index in [2.05, 4.69) is 5.32 Å². The minimum Gasteiger partial charge on any atom is -0.480 e. The molecule has 1 aromatic carbocycles. The molecule has 1 aliphatic heterocycles. The minimum atomic E-state index is -0.818. The van der Waals surface area contributed by atoms with Crippen LogP contribution in [-0.4, -0.2) is 28.6 Å². The van der Waals surface area contributed by atoms with Crippen molar-refractivity contribution in [2.45, 2.75) is 18.9 Å². The van der Waals surface area contributed by atoms with E-state index in [1.165, 1.54) is 12.1 Å². The van der Waals surface area contributed by atoms with E-state index in [4.69, 9.17) is 5.11 Å². The first-order chi connectivity index (χ1) is 8.56. The van der Waals surface area contributed by atoms with Crippen molar-refractivity contribution in [2.75, 3.05) is 6.54 Å². The Morgan fingerprint density at radius 2 is 2.11 bits per heavy atom. The quantitative estimate of drug-likeness (QED) is 0.618. The summed E-state index contributed by atoms with van der Waals surface area (Å²) >= 11 is 0. The minimum absolute atomic E-state index is 0.0757. The molecule has 1 aliphatic rings. The molecule has 1 saturated heterocycles. The molecule has 6 heteroatoms. The Bertz CT molecular complexity index is 458. The van der Waals surface area contributed by atoms with E-state index in [1.807, 2.05) is 0 Å². The number of carboxylic acids is 1. The van der Waals surface area contributed by atoms with Crippen molar-refractivity contribution in [3.63, 3.8) is 0 Å². The number of hydrogen-bond donors (Lipinski definition) is 2. The average molecular weight is 250 g/mol. The highest BCUT2D eigenvalue weighted by atomic mass is 16.6. The van der Waals surface area contributed by atoms with Crippen LogP contribution < -0.4 is 5.32 Å². The SMILES string of the molecule is O=C(O)C1CC(Cc2ccc([N+](=O)[O-])cc2)CN1. The molecule has 2 rings (SSSR count). The summed E-state index contributed by atoms with van der Waals surface area (Å²) < 4.78 is 0. The number of non-ortho nitro benzene ring substituents is 1. The Labute approximate surface area is 104 Å². The van der Waals surface area contributed by atoms with Gasteiger partial charge in [0.25, 0.3) is 5.69 Å². The van der Waals surface area contributed by atoms with Gasteiger partial charge in [-0.2, -0.15) is 0 Å². The first kappa shape index (κ1) is 12.5. The van der Waals surface area contributed by atoms with E-state index in [9.17, 15) is 14.9 Å². The number of nitrogens with zero attached hydrogens (tertiary/aromatic N) is 1. The van der Waals surface area contributed by atoms with Gasteiger partial charge in [0.1, 0.15) is 6.04 Å². The second-order valence-electron chi connectivity index (χ2n) is 4.53. The zero-order chi connectivity index (χ0) is 13.1. The summed E-state index contributed by atoms with van der Waals surface area (Å²) in [5.74, 6) is -0.547. The standard InChI is InChI=1S/C12H14N2O4/c15-12(16)11-6-9(7-13-11)5-8-1-3-10(4-2-8)14(17)18/h1-4,9,11,13H,5-7H2,(H,15,16). The van der Waals surface area contributed by atoms with E-state index < -0.39 is 16.9 Å². The number of nitro benzene ring substituents is 1. The third-order valence-electron chi connectivity index (χ3n) is 3.19. The zero-order valence-electron chi connectivity index (χ0n) is 9.70. The summed E-state index contributed by atoms with van der Waals surface area (Å²) in [5, 5.41) is 22.3. The van der Waals surface area contributed by atoms with Gasteiger partial charge in [-0.1, -0.05) is 12.1 Å². The van der Waals surface area contributed by atoms with Gasteiger partial charge >= 0.3 is 5.97 Å². The molecule has 1 fully saturated rings. The van der Waals surface area contributed by atoms with Gasteiger partial charge in [0.2, 0.25) is 0 Å². The van der Waals surface area contributed by atoms with Crippen molar-refractivity contribution in [1.82, 2.24) is 5.32 Å². The van der Waals surface area contributed by atoms with Gasteiger partial charge in [0, 0.05) is 12.1 Å². The molecule has 2 unspecified atom stereocenters. The molecule has 2 N–H and O–H groups in total. The fourth-order valence-corrected chi connectivity index (χ4v) is 2.24. The highest BCUT2D eigenvalue weighted by molar-refractivity contribution is 5.73. The van der Waals surface area contributed by atoms with Crippen LogP contribution in [0.15, 0.2) is 24.3 Å². The number of carbonyl (C=O) groups is 1. The Balaban J connectivity index is 1.94. The van der Waals surface area contributed by atoms with Crippen molar-refractivity contribution in [3.8, 4) is 0 Å². The third kappa shape index (κ3) is 2.84. The highest BCUT2D eigenvalue weighted by Crippen LogP contribution is 2.21. The number of aliphatic carboxylic acids is 1. The van der Waals surface area contributed by atoms with Gasteiger partial charge < -0.3 is 10.4 Å². The Morgan fingerprint density at radius 3 is 2.61 bits per heavy atom. The first-order valence-corrected chi connectivity index (χ1v) is 5.76. The molecule has 2 atom stereocenters. The number of carboxylic acid groups (broad SMARTS) is 1. The number of benzene rings is 1. The largest absolute Gasteiger partial charge is 0.480 e. The normalized spacial score (nSPS) is 22.9. The lowest BCUT2D eigenvalue weighted by atomic mass is 9.96. The van der Waals surface area contributed by atoms with Crippen molar-refractivity contribution >= 4 is 11.7 Å². The first-order valence-electron chi connectivity index (χ1n) is 5.76. The second kappa shape index (κ2) is 5.14. The van der Waals surface area contributed by atoms with Gasteiger partial charge in [-0.25, -0.2) is 0 Å². The average Bonchev–Trinajstić information content (AvgIpc) is 2.78. The number of nitrogens with one attached hydrogen (secondary N) is 1. The van der Waals surface area contributed by atoms with Gasteiger partial charge in [0.05, 0.1) is 4.92 Å². The van der Waals surface area contributed by atoms with Gasteiger partial charge in [0.15, 0.2) is 0 Å². The molecule has 0 spiro atoms. The fraction of sp³-hybridized carbons (Fsp3) is 0.417. The monoisotopic (exact) mass is 250 g/mol. The van der Waals surface area contributed by atoms with Crippen molar-refractivity contribution in [3.05, 3.63) is 39.9 Å². The van der Waals surface area contributed by atoms with Gasteiger partial charge in [-0.15, -0.1) is 0 Å². The van der Waals surface area contributed by atoms with Crippen LogP contribution in [0.2, 0.25) is 0 Å². The molecule has 0 radical (unpaired) electrons. The van der Waals surface area contributed by atoms with Crippen LogP contribution in [-0.2, 0) is 11.2 Å². The molecule has 1 aromatic rings. The Kier molecular flexibility index (Phi) is 3.57. The smallest absolute Gasteiger partial charge is 0.320 e. The van der Waals surface area contributed by atoms with Crippen molar-refractivity contribution in [1.29, 1.82) is 0 Å². The maximum absolute atomic E-state index is 10.8. The van der Waals surface area contributed by atoms with Crippen LogP contribution in [0.1, 0.15) is 12.0 Å². The predicted molar refractivity (Wildman–Crippen MR) is 64.3 cm³/mol. The van der Waals surface area contributed by atoms with Crippen LogP contribution >= 0.6 is 0 Å². The molecule has 0 bridgehead atoms. The Morgan fingerprint density at radius 1 is 1.44 bits per heavy atom. The number of hydrogen-bond acceptors (Lipinski definition) is 4. The topological polar surface area (TPSA) is 92.5 Å². The molecule has 6 nitrogen and oxygen atoms in total. The summed E-state index contributed by atoms with van der Waals surface area (Å²) in [6.07, 6.45) is 1.35. The zero-order valence-corrected chi connectivity index (χ0v) is 9.70. The summed E-state index contributed by atoms with van der Waals surface area (Å²) in [4.78, 5) is 20.9. The lowest BCUT2D eigenvalue weighted by Gasteiger charge is -2.08. The predicted octanol–water partition coefficient (Wildman–Crippen LogP) is 1.20. The number of nitro groups is 1. The van der Waals surface area contributed by atoms with Crippen LogP contribution in [0.25, 0.3) is 0 Å². The molecular weight excluding hydrogens is 236 g/mol. The van der Waals surface area contributed by atoms with Crippen molar-refractivity contribution < 1.29 is 14.8 Å². The molecule has 0 amide bonds. The summed E-state index contributed by atoms with van der Waals surface area (Å²) in [5.41, 5.74) is 1.07. The van der Waals surface area contributed by atoms with E-state index in [0.29, 0.717) is 13.0 Å². The highest BCUT2D eigenvalue weighted by Gasteiger charge is 2.28.